The second-order valence-corrected chi connectivity index (χ2v) is 28.7. The molecule has 0 aliphatic carbocycles. The maximum Gasteiger partial charge on any atom is 0.311 e. The molecule has 16 N–H and O–H groups in total. The maximum atomic E-state index is 13.0. The number of esters is 2. The molecule has 580 valence electrons. The lowest BCUT2D eigenvalue weighted by molar-refractivity contribution is -0.309. The summed E-state index contributed by atoms with van der Waals surface area (Å²) in [6.45, 7) is 14.1. The van der Waals surface area contributed by atoms with Gasteiger partial charge in [0.15, 0.2) is 24.2 Å². The van der Waals surface area contributed by atoms with Crippen LogP contribution in [0.4, 0.5) is 0 Å². The molecule has 6 heterocycles. The lowest BCUT2D eigenvalue weighted by Crippen LogP contribution is -2.61. The number of aliphatic hydroxyl groups is 12. The highest BCUT2D eigenvalue weighted by molar-refractivity contribution is 5.81. The van der Waals surface area contributed by atoms with E-state index in [9.17, 15) is 80.5 Å². The molecule has 4 saturated heterocycles. The Balaban J connectivity index is 0.000000367. The van der Waals surface area contributed by atoms with Crippen molar-refractivity contribution < 1.29 is 118 Å². The molecule has 12 unspecified atom stereocenters. The maximum absolute atomic E-state index is 13.0. The molecule has 102 heavy (non-hydrogen) atoms. The SMILES string of the molecule is CCC[C@@H]1C/C=C/C=C/C=C/C=C/[C@H](OC2OC(C)C(O)C(N)C2O)CC2O[C@](O)(C[C@@H](O)CCCC(=O)C[C@@H](O)[C@H](CC)C(=O)O1)C[C@H](O)[C@H]2C.CC[C@@H]1C(=O)O[C@H](C)C/C=C/C=C/C=C/C=C/[C@H](OC2OC(C)C(O)C(N)C2O)CC2O[C@](O)(C[C@@H](O)CCCC(=O)C[C@H]1O)C[C@H](O)[C@H]2C. The number of nitrogens with two attached hydrogens (primary N) is 2. The number of Topliss-reactive ketones (excluding diaryl/α,β-unsaturated/α-hetero) is 2. The fraction of sp³-hybridized carbons (Fsp3) is 0.737. The summed E-state index contributed by atoms with van der Waals surface area (Å²) < 4.78 is 47.4. The van der Waals surface area contributed by atoms with Crippen LogP contribution >= 0.6 is 0 Å². The van der Waals surface area contributed by atoms with Crippen LogP contribution in [0.1, 0.15) is 184 Å². The third kappa shape index (κ3) is 28.6. The second-order valence-electron chi connectivity index (χ2n) is 28.7. The quantitative estimate of drug-likeness (QED) is 0.149. The zero-order valence-corrected chi connectivity index (χ0v) is 60.8. The molecule has 4 bridgehead atoms. The summed E-state index contributed by atoms with van der Waals surface area (Å²) >= 11 is 0. The molecule has 6 rings (SSSR count). The van der Waals surface area contributed by atoms with Crippen molar-refractivity contribution in [1.82, 2.24) is 0 Å². The van der Waals surface area contributed by atoms with E-state index >= 15 is 0 Å². The molecule has 0 saturated carbocycles. The van der Waals surface area contributed by atoms with Crippen LogP contribution in [0.5, 0.6) is 0 Å². The topological polar surface area (TPSA) is 437 Å². The predicted molar refractivity (Wildman–Crippen MR) is 377 cm³/mol. The summed E-state index contributed by atoms with van der Waals surface area (Å²) in [6, 6.07) is -2.01. The first-order valence-electron chi connectivity index (χ1n) is 36.8. The molecule has 26 nitrogen and oxygen atoms in total. The number of hydrogen-bond donors (Lipinski definition) is 14. The number of carbonyl (C=O) groups is 4. The number of ether oxygens (including phenoxy) is 8. The summed E-state index contributed by atoms with van der Waals surface area (Å²) in [6.07, 6.45) is 13.0. The first-order chi connectivity index (χ1) is 48.3. The Morgan fingerprint density at radius 3 is 1.27 bits per heavy atom. The number of rotatable bonds is 8. The number of aliphatic hydroxyl groups excluding tert-OH is 10. The van der Waals surface area contributed by atoms with Crippen molar-refractivity contribution in [2.24, 2.45) is 35.1 Å². The fourth-order valence-electron chi connectivity index (χ4n) is 13.5. The number of allylic oxidation sites excluding steroid dienone is 12. The number of ketones is 2. The highest BCUT2D eigenvalue weighted by Gasteiger charge is 2.49. The molecule has 6 aliphatic heterocycles. The first kappa shape index (κ1) is 88.0. The van der Waals surface area contributed by atoms with Gasteiger partial charge in [-0.3, -0.25) is 19.2 Å². The number of hydrogen-bond acceptors (Lipinski definition) is 26. The smallest absolute Gasteiger partial charge is 0.311 e. The molecule has 0 radical (unpaired) electrons. The molecular weight excluding hydrogens is 1320 g/mol. The molecule has 0 spiro atoms. The van der Waals surface area contributed by atoms with Gasteiger partial charge < -0.3 is 111 Å². The monoisotopic (exact) mass is 1450 g/mol. The van der Waals surface area contributed by atoms with Gasteiger partial charge in [0.25, 0.3) is 0 Å². The van der Waals surface area contributed by atoms with E-state index in [0.717, 1.165) is 6.42 Å². The second kappa shape index (κ2) is 43.9. The van der Waals surface area contributed by atoms with Crippen molar-refractivity contribution in [1.29, 1.82) is 0 Å². The van der Waals surface area contributed by atoms with E-state index in [4.69, 9.17) is 49.4 Å². The first-order valence-corrected chi connectivity index (χ1v) is 36.8. The summed E-state index contributed by atoms with van der Waals surface area (Å²) in [5.41, 5.74) is 12.1. The van der Waals surface area contributed by atoms with Crippen molar-refractivity contribution in [3.8, 4) is 0 Å². The molecule has 6 aliphatic rings. The van der Waals surface area contributed by atoms with Gasteiger partial charge in [-0.05, 0) is 65.7 Å². The van der Waals surface area contributed by atoms with Crippen LogP contribution in [-0.4, -0.2) is 231 Å². The van der Waals surface area contributed by atoms with Crippen molar-refractivity contribution >= 4 is 23.5 Å². The van der Waals surface area contributed by atoms with Crippen molar-refractivity contribution in [2.45, 2.75) is 330 Å². The van der Waals surface area contributed by atoms with Gasteiger partial charge in [-0.1, -0.05) is 138 Å². The van der Waals surface area contributed by atoms with E-state index in [0.29, 0.717) is 32.1 Å². The Morgan fingerprint density at radius 2 is 0.873 bits per heavy atom. The minimum Gasteiger partial charge on any atom is -0.462 e. The van der Waals surface area contributed by atoms with Gasteiger partial charge in [-0.25, -0.2) is 0 Å². The highest BCUT2D eigenvalue weighted by Crippen LogP contribution is 2.40. The molecule has 4 fully saturated rings. The fourth-order valence-corrected chi connectivity index (χ4v) is 13.5. The Bertz CT molecular complexity index is 2780. The molecule has 0 amide bonds. The van der Waals surface area contributed by atoms with E-state index in [1.54, 1.807) is 109 Å². The minimum atomic E-state index is -1.88. The lowest BCUT2D eigenvalue weighted by Gasteiger charge is -2.45. The minimum absolute atomic E-state index is 0.0596. The van der Waals surface area contributed by atoms with Crippen molar-refractivity contribution in [3.63, 3.8) is 0 Å². The molecule has 0 aromatic rings. The summed E-state index contributed by atoms with van der Waals surface area (Å²) in [5, 5.41) is 130. The van der Waals surface area contributed by atoms with Crippen LogP contribution < -0.4 is 11.5 Å². The normalized spacial score (nSPS) is 44.2. The van der Waals surface area contributed by atoms with E-state index in [2.05, 4.69) is 0 Å². The average Bonchev–Trinajstić information content (AvgIpc) is 0.805. The standard InChI is InChI=1S/C39H63NO12.C37H59NO12/c1-5-15-28-18-12-10-8-7-9-11-13-19-29(51-38-36(46)34(40)35(45)25(4)49-38)21-33-24(3)32(44)23-39(48,52-33)22-27(42)17-14-16-26(41)20-31(43)30(6-2)37(47)50-28;1-5-28-29(41)18-25(39)15-13-16-26(40)20-37(46)21-30(42)23(3)31(50-37)19-27(49-36-34(44)32(38)33(43)24(4)48-36)17-12-10-8-6-7-9-11-14-22(2)47-35(28)45/h7-13,19,24-25,27-36,38,42-46,48H,5-6,14-18,20-23,40H2,1-4H3;6-12,17,22-24,26-34,36,40-44,46H,5,13-16,18-21,38H2,1-4H3/b8-7+,11-9+,12-10+,19-13+;7-6+,10-8+,11-9+,17-12+/t24-,25?,27+,28-,29+,30+,31-,32+,33?,34?,35?,36?,38?,39-;22-,23-,24?,26+,27+,28+,29-,30+,31?,32?,33?,34?,36?,37-/m11/s1. The predicted octanol–water partition coefficient (Wildman–Crippen LogP) is 4.50. The van der Waals surface area contributed by atoms with Gasteiger partial charge in [-0.15, -0.1) is 0 Å². The number of carbonyl (C=O) groups excluding carboxylic acids is 4. The summed E-state index contributed by atoms with van der Waals surface area (Å²) in [5.74, 6) is -7.90. The molecule has 0 aromatic heterocycles. The van der Waals surface area contributed by atoms with E-state index < -0.39 is 176 Å². The van der Waals surface area contributed by atoms with Crippen LogP contribution in [0.15, 0.2) is 97.2 Å². The van der Waals surface area contributed by atoms with Crippen LogP contribution in [0.3, 0.4) is 0 Å². The van der Waals surface area contributed by atoms with E-state index in [-0.39, 0.29) is 108 Å². The third-order valence-electron chi connectivity index (χ3n) is 20.0. The van der Waals surface area contributed by atoms with Crippen LogP contribution in [-0.2, 0) is 57.1 Å². The Kier molecular flexibility index (Phi) is 37.9. The van der Waals surface area contributed by atoms with E-state index in [1.165, 1.54) is 0 Å². The van der Waals surface area contributed by atoms with Crippen molar-refractivity contribution in [2.75, 3.05) is 0 Å². The zero-order valence-electron chi connectivity index (χ0n) is 60.8. The Hall–Kier alpha value is -4.60. The van der Waals surface area contributed by atoms with Gasteiger partial charge in [0.1, 0.15) is 36.0 Å². The van der Waals surface area contributed by atoms with Crippen molar-refractivity contribution in [3.05, 3.63) is 97.2 Å². The summed E-state index contributed by atoms with van der Waals surface area (Å²) in [7, 11) is 0. The summed E-state index contributed by atoms with van der Waals surface area (Å²) in [4.78, 5) is 51.2. The Morgan fingerprint density at radius 1 is 0.490 bits per heavy atom. The van der Waals surface area contributed by atoms with Gasteiger partial charge >= 0.3 is 11.9 Å². The molecule has 0 aromatic carbocycles. The largest absolute Gasteiger partial charge is 0.462 e. The van der Waals surface area contributed by atoms with Gasteiger partial charge in [0.05, 0.1) is 109 Å². The van der Waals surface area contributed by atoms with Gasteiger partial charge in [0.2, 0.25) is 0 Å². The van der Waals surface area contributed by atoms with Crippen LogP contribution in [0.25, 0.3) is 0 Å². The molecule has 28 atom stereocenters. The zero-order chi connectivity index (χ0) is 75.4. The average molecular weight is 1450 g/mol. The molecule has 26 heteroatoms. The molecular formula is C76H122N2O24. The third-order valence-corrected chi connectivity index (χ3v) is 20.0. The number of fused-ring (bicyclic) bond motifs is 4. The van der Waals surface area contributed by atoms with Crippen LogP contribution in [0.2, 0.25) is 0 Å². The van der Waals surface area contributed by atoms with Gasteiger partial charge in [-0.2, -0.15) is 0 Å². The highest BCUT2D eigenvalue weighted by atomic mass is 16.7. The van der Waals surface area contributed by atoms with E-state index in [1.807, 2.05) is 43.4 Å². The number of cyclic esters (lactones) is 2. The Labute approximate surface area is 601 Å². The van der Waals surface area contributed by atoms with Gasteiger partial charge in [0, 0.05) is 88.9 Å². The lowest BCUT2D eigenvalue weighted by atomic mass is 9.84. The van der Waals surface area contributed by atoms with Crippen LogP contribution in [0, 0.1) is 23.7 Å².